The van der Waals surface area contributed by atoms with E-state index in [0.717, 1.165) is 16.7 Å². The summed E-state index contributed by atoms with van der Waals surface area (Å²) in [5.41, 5.74) is 3.88. The monoisotopic (exact) mass is 189 g/mol. The minimum Gasteiger partial charge on any atom is -0.396 e. The molecule has 14 heavy (non-hydrogen) atoms. The number of nitriles is 1. The molecule has 0 aromatic heterocycles. The lowest BCUT2D eigenvalue weighted by molar-refractivity contribution is 0.273. The van der Waals surface area contributed by atoms with Gasteiger partial charge in [-0.2, -0.15) is 5.26 Å². The van der Waals surface area contributed by atoms with Gasteiger partial charge in [-0.1, -0.05) is 13.0 Å². The van der Waals surface area contributed by atoms with E-state index in [1.807, 2.05) is 32.9 Å². The zero-order chi connectivity index (χ0) is 10.7. The van der Waals surface area contributed by atoms with E-state index < -0.39 is 0 Å². The summed E-state index contributed by atoms with van der Waals surface area (Å²) < 4.78 is 0. The predicted molar refractivity (Wildman–Crippen MR) is 56.1 cm³/mol. The van der Waals surface area contributed by atoms with E-state index in [2.05, 4.69) is 6.07 Å². The van der Waals surface area contributed by atoms with Crippen LogP contribution in [0.4, 0.5) is 0 Å². The summed E-state index contributed by atoms with van der Waals surface area (Å²) in [7, 11) is 0. The lowest BCUT2D eigenvalue weighted by Crippen LogP contribution is -2.01. The Bertz CT molecular complexity index is 377. The molecule has 1 aromatic rings. The molecule has 1 rings (SSSR count). The summed E-state index contributed by atoms with van der Waals surface area (Å²) in [6, 6.07) is 6.08. The van der Waals surface area contributed by atoms with Crippen LogP contribution < -0.4 is 0 Å². The van der Waals surface area contributed by atoms with Gasteiger partial charge in [-0.15, -0.1) is 0 Å². The Morgan fingerprint density at radius 2 is 2.07 bits per heavy atom. The van der Waals surface area contributed by atoms with Crippen LogP contribution in [-0.2, 0) is 0 Å². The lowest BCUT2D eigenvalue weighted by Gasteiger charge is -2.11. The number of benzene rings is 1. The second kappa shape index (κ2) is 4.26. The van der Waals surface area contributed by atoms with Gasteiger partial charge in [0, 0.05) is 12.5 Å². The van der Waals surface area contributed by atoms with Crippen molar-refractivity contribution in [3.05, 3.63) is 34.4 Å². The van der Waals surface area contributed by atoms with Crippen LogP contribution in [-0.4, -0.2) is 11.7 Å². The van der Waals surface area contributed by atoms with Crippen LogP contribution in [0.1, 0.15) is 35.1 Å². The highest BCUT2D eigenvalue weighted by atomic mass is 16.3. The maximum atomic E-state index is 9.03. The number of rotatable bonds is 2. The SMILES string of the molecule is Cc1cc(C(C)CO)cc(C#N)c1C. The molecular weight excluding hydrogens is 174 g/mol. The maximum absolute atomic E-state index is 9.03. The Kier molecular flexibility index (Phi) is 3.27. The molecule has 0 bridgehead atoms. The normalized spacial score (nSPS) is 12.2. The molecule has 0 aliphatic carbocycles. The Hall–Kier alpha value is -1.33. The van der Waals surface area contributed by atoms with E-state index in [1.54, 1.807) is 0 Å². The van der Waals surface area contributed by atoms with Gasteiger partial charge in [0.1, 0.15) is 0 Å². The molecule has 2 nitrogen and oxygen atoms in total. The predicted octanol–water partition coefficient (Wildman–Crippen LogP) is 2.27. The van der Waals surface area contributed by atoms with Crippen molar-refractivity contribution in [3.63, 3.8) is 0 Å². The number of nitrogens with zero attached hydrogens (tertiary/aromatic N) is 1. The Morgan fingerprint density at radius 1 is 1.43 bits per heavy atom. The van der Waals surface area contributed by atoms with Crippen molar-refractivity contribution < 1.29 is 5.11 Å². The van der Waals surface area contributed by atoms with Crippen molar-refractivity contribution in [2.24, 2.45) is 0 Å². The Morgan fingerprint density at radius 3 is 2.57 bits per heavy atom. The smallest absolute Gasteiger partial charge is 0.0994 e. The van der Waals surface area contributed by atoms with Crippen LogP contribution in [0.15, 0.2) is 12.1 Å². The number of aliphatic hydroxyl groups excluding tert-OH is 1. The van der Waals surface area contributed by atoms with E-state index in [1.165, 1.54) is 0 Å². The molecule has 0 saturated heterocycles. The number of hydrogen-bond acceptors (Lipinski definition) is 2. The van der Waals surface area contributed by atoms with Gasteiger partial charge < -0.3 is 5.11 Å². The summed E-state index contributed by atoms with van der Waals surface area (Å²) in [5, 5.41) is 17.9. The fourth-order valence-electron chi connectivity index (χ4n) is 1.39. The third kappa shape index (κ3) is 1.94. The molecule has 0 amide bonds. The quantitative estimate of drug-likeness (QED) is 0.775. The molecule has 0 aliphatic rings. The minimum atomic E-state index is 0.0985. The standard InChI is InChI=1S/C12H15NO/c1-8-4-11(9(2)7-14)5-12(6-13)10(8)3/h4-5,9,14H,7H2,1-3H3. The molecule has 1 N–H and O–H groups in total. The van der Waals surface area contributed by atoms with Crippen molar-refractivity contribution in [1.82, 2.24) is 0 Å². The highest BCUT2D eigenvalue weighted by molar-refractivity contribution is 5.45. The van der Waals surface area contributed by atoms with Crippen molar-refractivity contribution in [1.29, 1.82) is 5.26 Å². The molecule has 74 valence electrons. The molecule has 0 spiro atoms. The number of hydrogen-bond donors (Lipinski definition) is 1. The lowest BCUT2D eigenvalue weighted by atomic mass is 9.94. The average molecular weight is 189 g/mol. The summed E-state index contributed by atoms with van der Waals surface area (Å²) in [4.78, 5) is 0. The molecule has 1 aromatic carbocycles. The van der Waals surface area contributed by atoms with Crippen LogP contribution in [0.25, 0.3) is 0 Å². The summed E-state index contributed by atoms with van der Waals surface area (Å²) in [5.74, 6) is 0.0985. The fraction of sp³-hybridized carbons (Fsp3) is 0.417. The minimum absolute atomic E-state index is 0.0985. The Balaban J connectivity index is 3.24. The van der Waals surface area contributed by atoms with E-state index >= 15 is 0 Å². The molecule has 2 heteroatoms. The second-order valence-corrected chi connectivity index (χ2v) is 3.71. The van der Waals surface area contributed by atoms with Crippen molar-refractivity contribution in [3.8, 4) is 6.07 Å². The van der Waals surface area contributed by atoms with Crippen LogP contribution >= 0.6 is 0 Å². The van der Waals surface area contributed by atoms with Crippen molar-refractivity contribution in [2.75, 3.05) is 6.61 Å². The zero-order valence-electron chi connectivity index (χ0n) is 8.83. The van der Waals surface area contributed by atoms with Crippen molar-refractivity contribution >= 4 is 0 Å². The van der Waals surface area contributed by atoms with Gasteiger partial charge in [0.2, 0.25) is 0 Å². The molecule has 0 saturated carbocycles. The van der Waals surface area contributed by atoms with Crippen LogP contribution in [0.3, 0.4) is 0 Å². The Labute approximate surface area is 84.8 Å². The molecule has 0 heterocycles. The summed E-state index contributed by atoms with van der Waals surface area (Å²) in [6.07, 6.45) is 0. The van der Waals surface area contributed by atoms with Gasteiger partial charge >= 0.3 is 0 Å². The first-order chi connectivity index (χ1) is 6.60. The topological polar surface area (TPSA) is 44.0 Å². The first-order valence-electron chi connectivity index (χ1n) is 4.72. The molecule has 0 fully saturated rings. The molecular formula is C12H15NO. The third-order valence-electron chi connectivity index (χ3n) is 2.65. The zero-order valence-corrected chi connectivity index (χ0v) is 8.83. The van der Waals surface area contributed by atoms with Gasteiger partial charge in [-0.25, -0.2) is 0 Å². The van der Waals surface area contributed by atoms with Gasteiger partial charge in [0.25, 0.3) is 0 Å². The average Bonchev–Trinajstić information content (AvgIpc) is 2.20. The van der Waals surface area contributed by atoms with E-state index in [-0.39, 0.29) is 12.5 Å². The first kappa shape index (κ1) is 10.7. The van der Waals surface area contributed by atoms with Gasteiger partial charge in [0.05, 0.1) is 11.6 Å². The summed E-state index contributed by atoms with van der Waals surface area (Å²) >= 11 is 0. The molecule has 1 atom stereocenters. The molecule has 0 radical (unpaired) electrons. The van der Waals surface area contributed by atoms with E-state index in [0.29, 0.717) is 5.56 Å². The number of aliphatic hydroxyl groups is 1. The van der Waals surface area contributed by atoms with Crippen LogP contribution in [0.5, 0.6) is 0 Å². The van der Waals surface area contributed by atoms with Crippen LogP contribution in [0.2, 0.25) is 0 Å². The highest BCUT2D eigenvalue weighted by Crippen LogP contribution is 2.21. The summed E-state index contributed by atoms with van der Waals surface area (Å²) in [6.45, 7) is 6.00. The molecule has 0 aliphatic heterocycles. The highest BCUT2D eigenvalue weighted by Gasteiger charge is 2.08. The second-order valence-electron chi connectivity index (χ2n) is 3.71. The number of aryl methyl sites for hydroxylation is 1. The van der Waals surface area contributed by atoms with Crippen molar-refractivity contribution in [2.45, 2.75) is 26.7 Å². The maximum Gasteiger partial charge on any atom is 0.0994 e. The van der Waals surface area contributed by atoms with Gasteiger partial charge in [0.15, 0.2) is 0 Å². The van der Waals surface area contributed by atoms with Gasteiger partial charge in [-0.3, -0.25) is 0 Å². The van der Waals surface area contributed by atoms with E-state index in [4.69, 9.17) is 10.4 Å². The molecule has 1 unspecified atom stereocenters. The largest absolute Gasteiger partial charge is 0.396 e. The van der Waals surface area contributed by atoms with E-state index in [9.17, 15) is 0 Å². The van der Waals surface area contributed by atoms with Gasteiger partial charge in [-0.05, 0) is 36.6 Å². The fourth-order valence-corrected chi connectivity index (χ4v) is 1.39. The first-order valence-corrected chi connectivity index (χ1v) is 4.72. The third-order valence-corrected chi connectivity index (χ3v) is 2.65. The van der Waals surface area contributed by atoms with Crippen LogP contribution in [0, 0.1) is 25.2 Å².